The lowest BCUT2D eigenvalue weighted by molar-refractivity contribution is -0.141. The molecule has 1 amide bonds. The largest absolute Gasteiger partial charge is 0.497 e. The summed E-state index contributed by atoms with van der Waals surface area (Å²) in [6.45, 7) is 0. The van der Waals surface area contributed by atoms with Gasteiger partial charge in [0.05, 0.1) is 7.11 Å². The highest BCUT2D eigenvalue weighted by molar-refractivity contribution is 5.94. The van der Waals surface area contributed by atoms with Crippen LogP contribution in [0.5, 0.6) is 5.75 Å². The van der Waals surface area contributed by atoms with Crippen molar-refractivity contribution < 1.29 is 23.8 Å². The van der Waals surface area contributed by atoms with Gasteiger partial charge in [-0.25, -0.2) is 9.18 Å². The van der Waals surface area contributed by atoms with E-state index in [0.717, 1.165) is 5.56 Å². The molecule has 0 fully saturated rings. The van der Waals surface area contributed by atoms with Gasteiger partial charge < -0.3 is 15.2 Å². The standard InChI is InChI=1S/C19H18FNO4/c1-25-16-8-5-14(6-9-16)12-17(19(23)24)21-18(22)10-7-13-3-2-4-15(20)11-13/h2-11,17H,12H2,1H3,(H,21,22)(H,23,24)/b10-7+/t17-/m0/s1. The van der Waals surface area contributed by atoms with Crippen LogP contribution < -0.4 is 10.1 Å². The number of ether oxygens (including phenoxy) is 1. The van der Waals surface area contributed by atoms with Crippen molar-refractivity contribution in [3.05, 3.63) is 71.6 Å². The Labute approximate surface area is 144 Å². The number of rotatable bonds is 7. The Bertz CT molecular complexity index is 771. The molecule has 0 aliphatic rings. The van der Waals surface area contributed by atoms with E-state index in [-0.39, 0.29) is 6.42 Å². The minimum Gasteiger partial charge on any atom is -0.497 e. The second kappa shape index (κ2) is 8.63. The Morgan fingerprint density at radius 1 is 1.24 bits per heavy atom. The van der Waals surface area contributed by atoms with Crippen molar-refractivity contribution in [1.82, 2.24) is 5.32 Å². The smallest absolute Gasteiger partial charge is 0.326 e. The highest BCUT2D eigenvalue weighted by atomic mass is 19.1. The molecule has 2 aromatic carbocycles. The first kappa shape index (κ1) is 18.2. The Morgan fingerprint density at radius 2 is 1.96 bits per heavy atom. The van der Waals surface area contributed by atoms with Gasteiger partial charge in [0.15, 0.2) is 0 Å². The number of amides is 1. The van der Waals surface area contributed by atoms with E-state index >= 15 is 0 Å². The Morgan fingerprint density at radius 3 is 2.56 bits per heavy atom. The predicted octanol–water partition coefficient (Wildman–Crippen LogP) is 2.66. The molecule has 0 saturated heterocycles. The lowest BCUT2D eigenvalue weighted by Gasteiger charge is -2.13. The fraction of sp³-hybridized carbons (Fsp3) is 0.158. The number of aliphatic carboxylic acids is 1. The van der Waals surface area contributed by atoms with Crippen LogP contribution in [-0.2, 0) is 16.0 Å². The number of halogens is 1. The van der Waals surface area contributed by atoms with Gasteiger partial charge in [-0.05, 0) is 41.5 Å². The van der Waals surface area contributed by atoms with Crippen LogP contribution in [0.3, 0.4) is 0 Å². The van der Waals surface area contributed by atoms with Crippen LogP contribution in [0.15, 0.2) is 54.6 Å². The zero-order valence-corrected chi connectivity index (χ0v) is 13.6. The SMILES string of the molecule is COc1ccc(C[C@H](NC(=O)/C=C/c2cccc(F)c2)C(=O)O)cc1. The number of methoxy groups -OCH3 is 1. The van der Waals surface area contributed by atoms with Crippen LogP contribution in [0.2, 0.25) is 0 Å². The predicted molar refractivity (Wildman–Crippen MR) is 91.7 cm³/mol. The van der Waals surface area contributed by atoms with Gasteiger partial charge in [0.2, 0.25) is 5.91 Å². The first-order valence-electron chi connectivity index (χ1n) is 7.58. The van der Waals surface area contributed by atoms with E-state index in [4.69, 9.17) is 4.74 Å². The number of carbonyl (C=O) groups excluding carboxylic acids is 1. The summed E-state index contributed by atoms with van der Waals surface area (Å²) in [5.74, 6) is -1.45. The van der Waals surface area contributed by atoms with E-state index in [2.05, 4.69) is 5.32 Å². The summed E-state index contributed by atoms with van der Waals surface area (Å²) >= 11 is 0. The molecule has 0 saturated carbocycles. The number of hydrogen-bond acceptors (Lipinski definition) is 3. The summed E-state index contributed by atoms with van der Waals surface area (Å²) in [7, 11) is 1.54. The van der Waals surface area contributed by atoms with E-state index in [1.165, 1.54) is 30.4 Å². The van der Waals surface area contributed by atoms with Crippen molar-refractivity contribution in [2.24, 2.45) is 0 Å². The number of carboxylic acids is 1. The molecule has 2 rings (SSSR count). The number of nitrogens with one attached hydrogen (secondary N) is 1. The van der Waals surface area contributed by atoms with Gasteiger partial charge in [-0.1, -0.05) is 24.3 Å². The van der Waals surface area contributed by atoms with Gasteiger partial charge in [-0.15, -0.1) is 0 Å². The molecule has 25 heavy (non-hydrogen) atoms. The average Bonchev–Trinajstić information content (AvgIpc) is 2.60. The zero-order chi connectivity index (χ0) is 18.2. The van der Waals surface area contributed by atoms with Crippen molar-refractivity contribution in [2.75, 3.05) is 7.11 Å². The van der Waals surface area contributed by atoms with Gasteiger partial charge in [0, 0.05) is 12.5 Å². The van der Waals surface area contributed by atoms with E-state index in [0.29, 0.717) is 11.3 Å². The van der Waals surface area contributed by atoms with Crippen LogP contribution in [0.1, 0.15) is 11.1 Å². The molecule has 0 heterocycles. The molecule has 0 spiro atoms. The summed E-state index contributed by atoms with van der Waals surface area (Å²) in [5.41, 5.74) is 1.26. The highest BCUT2D eigenvalue weighted by Crippen LogP contribution is 2.13. The maximum atomic E-state index is 13.1. The second-order valence-corrected chi connectivity index (χ2v) is 5.34. The lowest BCUT2D eigenvalue weighted by atomic mass is 10.1. The summed E-state index contributed by atoms with van der Waals surface area (Å²) in [4.78, 5) is 23.3. The van der Waals surface area contributed by atoms with E-state index in [1.54, 1.807) is 37.4 Å². The normalized spacial score (nSPS) is 11.9. The van der Waals surface area contributed by atoms with E-state index < -0.39 is 23.7 Å². The van der Waals surface area contributed by atoms with Gasteiger partial charge in [0.1, 0.15) is 17.6 Å². The highest BCUT2D eigenvalue weighted by Gasteiger charge is 2.19. The monoisotopic (exact) mass is 343 g/mol. The fourth-order valence-electron chi connectivity index (χ4n) is 2.20. The third-order valence-electron chi connectivity index (χ3n) is 3.49. The molecule has 0 unspecified atom stereocenters. The van der Waals surface area contributed by atoms with Crippen molar-refractivity contribution in [3.63, 3.8) is 0 Å². The summed E-state index contributed by atoms with van der Waals surface area (Å²) in [6, 6.07) is 11.6. The van der Waals surface area contributed by atoms with Crippen LogP contribution in [0.4, 0.5) is 4.39 Å². The quantitative estimate of drug-likeness (QED) is 0.758. The van der Waals surface area contributed by atoms with Gasteiger partial charge >= 0.3 is 5.97 Å². The molecule has 0 bridgehead atoms. The molecule has 0 radical (unpaired) electrons. The van der Waals surface area contributed by atoms with Crippen LogP contribution in [0.25, 0.3) is 6.08 Å². The first-order valence-corrected chi connectivity index (χ1v) is 7.58. The van der Waals surface area contributed by atoms with E-state index in [1.807, 2.05) is 0 Å². The summed E-state index contributed by atoms with van der Waals surface area (Å²) in [5, 5.41) is 11.7. The maximum Gasteiger partial charge on any atom is 0.326 e. The Hall–Kier alpha value is -3.15. The molecule has 5 nitrogen and oxygen atoms in total. The molecule has 0 aliphatic heterocycles. The average molecular weight is 343 g/mol. The van der Waals surface area contributed by atoms with Crippen LogP contribution in [-0.4, -0.2) is 30.1 Å². The van der Waals surface area contributed by atoms with Crippen molar-refractivity contribution in [2.45, 2.75) is 12.5 Å². The second-order valence-electron chi connectivity index (χ2n) is 5.34. The summed E-state index contributed by atoms with van der Waals surface area (Å²) in [6.07, 6.45) is 2.74. The number of carbonyl (C=O) groups is 2. The number of hydrogen-bond donors (Lipinski definition) is 2. The minimum absolute atomic E-state index is 0.138. The lowest BCUT2D eigenvalue weighted by Crippen LogP contribution is -2.41. The molecule has 0 aliphatic carbocycles. The molecular weight excluding hydrogens is 325 g/mol. The van der Waals surface area contributed by atoms with Gasteiger partial charge in [0.25, 0.3) is 0 Å². The third-order valence-corrected chi connectivity index (χ3v) is 3.49. The van der Waals surface area contributed by atoms with Crippen molar-refractivity contribution in [3.8, 4) is 5.75 Å². The molecular formula is C19H18FNO4. The zero-order valence-electron chi connectivity index (χ0n) is 13.6. The number of benzene rings is 2. The summed E-state index contributed by atoms with van der Waals surface area (Å²) < 4.78 is 18.1. The fourth-order valence-corrected chi connectivity index (χ4v) is 2.20. The molecule has 2 aromatic rings. The first-order chi connectivity index (χ1) is 12.0. The van der Waals surface area contributed by atoms with Gasteiger partial charge in [-0.2, -0.15) is 0 Å². The molecule has 130 valence electrons. The molecule has 6 heteroatoms. The Balaban J connectivity index is 2.00. The minimum atomic E-state index is -1.14. The third kappa shape index (κ3) is 5.76. The van der Waals surface area contributed by atoms with Crippen LogP contribution in [0, 0.1) is 5.82 Å². The van der Waals surface area contributed by atoms with Crippen molar-refractivity contribution >= 4 is 18.0 Å². The molecule has 2 N–H and O–H groups in total. The number of carboxylic acid groups (broad SMARTS) is 1. The Kier molecular flexibility index (Phi) is 6.28. The van der Waals surface area contributed by atoms with Crippen LogP contribution >= 0.6 is 0 Å². The van der Waals surface area contributed by atoms with E-state index in [9.17, 15) is 19.1 Å². The maximum absolute atomic E-state index is 13.1. The molecule has 0 aromatic heterocycles. The van der Waals surface area contributed by atoms with Gasteiger partial charge in [-0.3, -0.25) is 4.79 Å². The topological polar surface area (TPSA) is 75.6 Å². The molecule has 1 atom stereocenters. The van der Waals surface area contributed by atoms with Crippen molar-refractivity contribution in [1.29, 1.82) is 0 Å².